The number of nitrogens with one attached hydrogen (secondary N) is 2. The highest BCUT2D eigenvalue weighted by Crippen LogP contribution is 2.41. The zero-order valence-electron chi connectivity index (χ0n) is 18.8. The Labute approximate surface area is 188 Å². The number of imide groups is 1. The average Bonchev–Trinajstić information content (AvgIpc) is 3.04. The predicted octanol–water partition coefficient (Wildman–Crippen LogP) is 3.50. The van der Waals surface area contributed by atoms with E-state index in [1.54, 1.807) is 18.2 Å². The van der Waals surface area contributed by atoms with Gasteiger partial charge in [-0.15, -0.1) is 0 Å². The highest BCUT2D eigenvalue weighted by atomic mass is 16.2. The molecule has 1 aliphatic carbocycles. The molecule has 2 aromatic carbocycles. The summed E-state index contributed by atoms with van der Waals surface area (Å²) in [6.07, 6.45) is 7.69. The number of piperidine rings is 1. The van der Waals surface area contributed by atoms with E-state index < -0.39 is 11.9 Å². The molecule has 0 aromatic heterocycles. The minimum absolute atomic E-state index is 0.222. The molecule has 1 saturated carbocycles. The third kappa shape index (κ3) is 4.35. The smallest absolute Gasteiger partial charge is 0.259 e. The van der Waals surface area contributed by atoms with Crippen LogP contribution in [0.2, 0.25) is 0 Å². The van der Waals surface area contributed by atoms with Crippen LogP contribution in [0, 0.1) is 0 Å². The molecule has 5 rings (SSSR count). The fourth-order valence-corrected chi connectivity index (χ4v) is 5.01. The first-order chi connectivity index (χ1) is 15.4. The molecule has 32 heavy (non-hydrogen) atoms. The number of carbonyl (C=O) groups is 3. The van der Waals surface area contributed by atoms with Crippen LogP contribution >= 0.6 is 0 Å². The number of carbonyl (C=O) groups excluding carboxylic acids is 3. The molecule has 7 heteroatoms. The molecule has 1 unspecified atom stereocenters. The minimum Gasteiger partial charge on any atom is -0.398 e. The van der Waals surface area contributed by atoms with Crippen molar-refractivity contribution in [2.75, 3.05) is 10.6 Å². The molecular weight excluding hydrogens is 404 g/mol. The van der Waals surface area contributed by atoms with E-state index in [1.807, 2.05) is 12.1 Å². The van der Waals surface area contributed by atoms with Crippen LogP contribution in [0.4, 0.5) is 11.4 Å². The first-order valence-corrected chi connectivity index (χ1v) is 11.6. The number of nitrogen functional groups attached to an aromatic ring is 1. The van der Waals surface area contributed by atoms with Gasteiger partial charge < -0.3 is 11.1 Å². The molecule has 0 bridgehead atoms. The molecular formula is C25H32N4O3. The lowest BCUT2D eigenvalue weighted by atomic mass is 9.95. The van der Waals surface area contributed by atoms with E-state index in [2.05, 4.69) is 24.5 Å². The van der Waals surface area contributed by atoms with Crippen molar-refractivity contribution >= 4 is 39.9 Å². The lowest BCUT2D eigenvalue weighted by molar-refractivity contribution is -0.134. The molecule has 0 spiro atoms. The second-order valence-electron chi connectivity index (χ2n) is 9.20. The third-order valence-electron chi connectivity index (χ3n) is 6.46. The van der Waals surface area contributed by atoms with Crippen LogP contribution in [0.5, 0.6) is 0 Å². The number of hydrogen-bond donors (Lipinski definition) is 3. The van der Waals surface area contributed by atoms with Crippen molar-refractivity contribution in [2.24, 2.45) is 0 Å². The Balaban J connectivity index is 0.000000207. The Morgan fingerprint density at radius 2 is 1.78 bits per heavy atom. The van der Waals surface area contributed by atoms with Crippen LogP contribution in [-0.2, 0) is 9.59 Å². The van der Waals surface area contributed by atoms with E-state index in [4.69, 9.17) is 5.73 Å². The molecule has 3 aliphatic rings. The van der Waals surface area contributed by atoms with Crippen molar-refractivity contribution < 1.29 is 14.4 Å². The molecule has 1 atom stereocenters. The third-order valence-corrected chi connectivity index (χ3v) is 6.46. The maximum atomic E-state index is 12.7. The van der Waals surface area contributed by atoms with Crippen molar-refractivity contribution in [1.29, 1.82) is 0 Å². The van der Waals surface area contributed by atoms with Gasteiger partial charge in [-0.25, -0.2) is 0 Å². The SMILES string of the molecule is CC(C)NC1CCCCC1.Nc1ccc2c3c(cccc13)N(C1CCC(=O)NC1=O)C2=O. The second kappa shape index (κ2) is 9.28. The van der Waals surface area contributed by atoms with E-state index in [1.165, 1.54) is 37.0 Å². The van der Waals surface area contributed by atoms with E-state index in [0.29, 0.717) is 29.4 Å². The van der Waals surface area contributed by atoms with Gasteiger partial charge in [0.25, 0.3) is 5.91 Å². The van der Waals surface area contributed by atoms with E-state index >= 15 is 0 Å². The monoisotopic (exact) mass is 436 g/mol. The molecule has 4 N–H and O–H groups in total. The van der Waals surface area contributed by atoms with Crippen LogP contribution in [0.25, 0.3) is 10.8 Å². The van der Waals surface area contributed by atoms with Crippen LogP contribution in [0.3, 0.4) is 0 Å². The summed E-state index contributed by atoms with van der Waals surface area (Å²) in [5.74, 6) is -0.948. The van der Waals surface area contributed by atoms with Crippen molar-refractivity contribution in [1.82, 2.24) is 10.6 Å². The summed E-state index contributed by atoms with van der Waals surface area (Å²) >= 11 is 0. The number of rotatable bonds is 3. The summed E-state index contributed by atoms with van der Waals surface area (Å²) in [5.41, 5.74) is 7.80. The van der Waals surface area contributed by atoms with Gasteiger partial charge in [0.2, 0.25) is 11.8 Å². The Hall–Kier alpha value is -2.93. The van der Waals surface area contributed by atoms with Gasteiger partial charge >= 0.3 is 0 Å². The lowest BCUT2D eigenvalue weighted by Gasteiger charge is -2.30. The summed E-state index contributed by atoms with van der Waals surface area (Å²) in [4.78, 5) is 37.7. The van der Waals surface area contributed by atoms with Crippen molar-refractivity contribution in [2.45, 2.75) is 76.9 Å². The number of amides is 3. The van der Waals surface area contributed by atoms with Crippen LogP contribution in [0.1, 0.15) is 69.2 Å². The molecule has 1 saturated heterocycles. The van der Waals surface area contributed by atoms with Crippen LogP contribution < -0.4 is 21.3 Å². The molecule has 0 radical (unpaired) electrons. The van der Waals surface area contributed by atoms with Gasteiger partial charge in [-0.3, -0.25) is 24.6 Å². The van der Waals surface area contributed by atoms with Crippen molar-refractivity contribution in [3.8, 4) is 0 Å². The fourth-order valence-electron chi connectivity index (χ4n) is 5.01. The number of anilines is 2. The summed E-state index contributed by atoms with van der Waals surface area (Å²) in [6, 6.07) is 9.71. The fraction of sp³-hybridized carbons (Fsp3) is 0.480. The molecule has 7 nitrogen and oxygen atoms in total. The number of nitrogens with two attached hydrogens (primary N) is 1. The summed E-state index contributed by atoms with van der Waals surface area (Å²) in [5, 5.41) is 7.46. The van der Waals surface area contributed by atoms with Gasteiger partial charge in [0.05, 0.1) is 11.3 Å². The zero-order valence-corrected chi connectivity index (χ0v) is 18.8. The first kappa shape index (κ1) is 22.3. The topological polar surface area (TPSA) is 105 Å². The molecule has 3 amide bonds. The Morgan fingerprint density at radius 3 is 2.47 bits per heavy atom. The van der Waals surface area contributed by atoms with Gasteiger partial charge in [0, 0.05) is 35.0 Å². The van der Waals surface area contributed by atoms with Crippen LogP contribution in [-0.4, -0.2) is 35.8 Å². The van der Waals surface area contributed by atoms with E-state index in [-0.39, 0.29) is 18.2 Å². The quantitative estimate of drug-likeness (QED) is 0.505. The molecule has 2 aromatic rings. The zero-order chi connectivity index (χ0) is 22.8. The average molecular weight is 437 g/mol. The number of hydrogen-bond acceptors (Lipinski definition) is 5. The largest absolute Gasteiger partial charge is 0.398 e. The highest BCUT2D eigenvalue weighted by molar-refractivity contribution is 6.28. The van der Waals surface area contributed by atoms with Gasteiger partial charge in [-0.2, -0.15) is 0 Å². The van der Waals surface area contributed by atoms with E-state index in [9.17, 15) is 14.4 Å². The number of benzene rings is 2. The molecule has 2 heterocycles. The van der Waals surface area contributed by atoms with Crippen molar-refractivity contribution in [3.63, 3.8) is 0 Å². The van der Waals surface area contributed by atoms with Gasteiger partial charge in [0.1, 0.15) is 6.04 Å². The predicted molar refractivity (Wildman–Crippen MR) is 126 cm³/mol. The summed E-state index contributed by atoms with van der Waals surface area (Å²) in [7, 11) is 0. The molecule has 2 aliphatic heterocycles. The Bertz CT molecular complexity index is 1040. The molecule has 170 valence electrons. The molecule has 2 fully saturated rings. The van der Waals surface area contributed by atoms with E-state index in [0.717, 1.165) is 16.8 Å². The minimum atomic E-state index is -0.663. The summed E-state index contributed by atoms with van der Waals surface area (Å²) < 4.78 is 0. The normalized spacial score (nSPS) is 21.0. The second-order valence-corrected chi connectivity index (χ2v) is 9.20. The van der Waals surface area contributed by atoms with Gasteiger partial charge in [-0.05, 0) is 37.5 Å². The summed E-state index contributed by atoms with van der Waals surface area (Å²) in [6.45, 7) is 4.46. The van der Waals surface area contributed by atoms with Crippen LogP contribution in [0.15, 0.2) is 30.3 Å². The Kier molecular flexibility index (Phi) is 6.46. The highest BCUT2D eigenvalue weighted by Gasteiger charge is 2.40. The maximum Gasteiger partial charge on any atom is 0.259 e. The van der Waals surface area contributed by atoms with Gasteiger partial charge in [-0.1, -0.05) is 45.2 Å². The lowest BCUT2D eigenvalue weighted by Crippen LogP contribution is -2.53. The van der Waals surface area contributed by atoms with Crippen molar-refractivity contribution in [3.05, 3.63) is 35.9 Å². The first-order valence-electron chi connectivity index (χ1n) is 11.6. The number of nitrogens with zero attached hydrogens (tertiary/aromatic N) is 1. The van der Waals surface area contributed by atoms with Gasteiger partial charge in [0.15, 0.2) is 0 Å². The standard InChI is InChI=1S/C16H13N3O3.C9H19N/c17-10-5-4-9-14-8(10)2-1-3-11(14)19(16(9)22)12-6-7-13(20)18-15(12)21;1-8(2)10-9-6-4-3-5-7-9/h1-5,12H,6-7,17H2,(H,18,20,21);8-10H,3-7H2,1-2H3. The Morgan fingerprint density at radius 1 is 1.03 bits per heavy atom. The maximum absolute atomic E-state index is 12.7.